The standard InChI is InChI=1S/C12H14Cl3NO3/c13-12(14,15)8-19-11(18)16-6-10(7-17)9-4-2-1-3-5-9/h1-5,10,17H,6-8H2,(H,16,18). The molecule has 2 N–H and O–H groups in total. The zero-order valence-electron chi connectivity index (χ0n) is 9.98. The van der Waals surface area contributed by atoms with Crippen LogP contribution in [0.15, 0.2) is 30.3 Å². The molecule has 0 aliphatic heterocycles. The van der Waals surface area contributed by atoms with Crippen LogP contribution in [0.5, 0.6) is 0 Å². The van der Waals surface area contributed by atoms with E-state index in [9.17, 15) is 9.90 Å². The number of hydrogen-bond acceptors (Lipinski definition) is 3. The average Bonchev–Trinajstić information content (AvgIpc) is 2.37. The smallest absolute Gasteiger partial charge is 0.407 e. The van der Waals surface area contributed by atoms with Crippen LogP contribution >= 0.6 is 34.8 Å². The highest BCUT2D eigenvalue weighted by Crippen LogP contribution is 2.25. The quantitative estimate of drug-likeness (QED) is 0.818. The number of amides is 1. The van der Waals surface area contributed by atoms with Crippen molar-refractivity contribution in [3.8, 4) is 0 Å². The van der Waals surface area contributed by atoms with E-state index >= 15 is 0 Å². The van der Waals surface area contributed by atoms with E-state index in [2.05, 4.69) is 5.32 Å². The minimum absolute atomic E-state index is 0.0885. The minimum Gasteiger partial charge on any atom is -0.445 e. The first-order chi connectivity index (χ1) is 8.92. The van der Waals surface area contributed by atoms with Crippen molar-refractivity contribution in [1.82, 2.24) is 5.32 Å². The maximum Gasteiger partial charge on any atom is 0.407 e. The Morgan fingerprint density at radius 2 is 1.95 bits per heavy atom. The number of benzene rings is 1. The fourth-order valence-electron chi connectivity index (χ4n) is 1.42. The number of aliphatic hydroxyl groups excluding tert-OH is 1. The van der Waals surface area contributed by atoms with Crippen molar-refractivity contribution in [1.29, 1.82) is 0 Å². The average molecular weight is 327 g/mol. The Morgan fingerprint density at radius 3 is 2.47 bits per heavy atom. The molecule has 0 spiro atoms. The Kier molecular flexibility index (Phi) is 6.72. The number of nitrogens with one attached hydrogen (secondary N) is 1. The van der Waals surface area contributed by atoms with Crippen LogP contribution in [-0.2, 0) is 4.74 Å². The van der Waals surface area contributed by atoms with Crippen molar-refractivity contribution < 1.29 is 14.6 Å². The predicted molar refractivity (Wildman–Crippen MR) is 75.9 cm³/mol. The fourth-order valence-corrected chi connectivity index (χ4v) is 1.58. The van der Waals surface area contributed by atoms with E-state index in [1.54, 1.807) is 0 Å². The Morgan fingerprint density at radius 1 is 1.32 bits per heavy atom. The molecule has 0 heterocycles. The third-order valence-corrected chi connectivity index (χ3v) is 2.68. The van der Waals surface area contributed by atoms with Crippen LogP contribution in [-0.4, -0.2) is 34.8 Å². The van der Waals surface area contributed by atoms with Gasteiger partial charge in [0.25, 0.3) is 0 Å². The summed E-state index contributed by atoms with van der Waals surface area (Å²) in [5, 5.41) is 11.8. The summed E-state index contributed by atoms with van der Waals surface area (Å²) in [6, 6.07) is 9.34. The molecular formula is C12H14Cl3NO3. The molecule has 0 saturated carbocycles. The first-order valence-corrected chi connectivity index (χ1v) is 6.69. The molecule has 106 valence electrons. The molecule has 0 aliphatic rings. The number of halogens is 3. The number of ether oxygens (including phenoxy) is 1. The van der Waals surface area contributed by atoms with Gasteiger partial charge in [-0.1, -0.05) is 65.1 Å². The van der Waals surface area contributed by atoms with Crippen molar-refractivity contribution in [2.75, 3.05) is 19.8 Å². The van der Waals surface area contributed by atoms with Crippen molar-refractivity contribution in [2.24, 2.45) is 0 Å². The molecule has 1 atom stereocenters. The molecule has 7 heteroatoms. The topological polar surface area (TPSA) is 58.6 Å². The lowest BCUT2D eigenvalue weighted by molar-refractivity contribution is 0.146. The van der Waals surface area contributed by atoms with Gasteiger partial charge in [0.15, 0.2) is 0 Å². The van der Waals surface area contributed by atoms with E-state index in [1.165, 1.54) is 0 Å². The summed E-state index contributed by atoms with van der Waals surface area (Å²) in [6.45, 7) is -0.188. The van der Waals surface area contributed by atoms with Gasteiger partial charge in [0.2, 0.25) is 3.79 Å². The van der Waals surface area contributed by atoms with Crippen molar-refractivity contribution >= 4 is 40.9 Å². The number of hydrogen-bond donors (Lipinski definition) is 2. The molecule has 0 saturated heterocycles. The molecule has 1 amide bonds. The second kappa shape index (κ2) is 7.80. The maximum absolute atomic E-state index is 11.4. The summed E-state index contributed by atoms with van der Waals surface area (Å²) < 4.78 is 3.08. The first-order valence-electron chi connectivity index (χ1n) is 5.55. The second-order valence-corrected chi connectivity index (χ2v) is 6.38. The lowest BCUT2D eigenvalue weighted by Gasteiger charge is -2.16. The molecule has 0 aromatic heterocycles. The van der Waals surface area contributed by atoms with Gasteiger partial charge in [0, 0.05) is 12.5 Å². The van der Waals surface area contributed by atoms with Crippen LogP contribution in [0.2, 0.25) is 0 Å². The second-order valence-electron chi connectivity index (χ2n) is 3.86. The van der Waals surface area contributed by atoms with Crippen molar-refractivity contribution in [3.05, 3.63) is 35.9 Å². The molecule has 4 nitrogen and oxygen atoms in total. The summed E-state index contributed by atoms with van der Waals surface area (Å²) >= 11 is 16.3. The third-order valence-electron chi connectivity index (χ3n) is 2.35. The Labute approximate surface area is 126 Å². The van der Waals surface area contributed by atoms with Gasteiger partial charge < -0.3 is 15.2 Å². The summed E-state index contributed by atoms with van der Waals surface area (Å²) in [4.78, 5) is 11.4. The third kappa shape index (κ3) is 6.87. The lowest BCUT2D eigenvalue weighted by Crippen LogP contribution is -2.32. The van der Waals surface area contributed by atoms with Crippen molar-refractivity contribution in [2.45, 2.75) is 9.71 Å². The van der Waals surface area contributed by atoms with Gasteiger partial charge in [-0.3, -0.25) is 0 Å². The predicted octanol–water partition coefficient (Wildman–Crippen LogP) is 2.86. The maximum atomic E-state index is 11.4. The molecule has 19 heavy (non-hydrogen) atoms. The summed E-state index contributed by atoms with van der Waals surface area (Å²) in [7, 11) is 0. The lowest BCUT2D eigenvalue weighted by atomic mass is 10.0. The van der Waals surface area contributed by atoms with Gasteiger partial charge in [-0.05, 0) is 5.56 Å². The van der Waals surface area contributed by atoms with Gasteiger partial charge in [0.05, 0.1) is 6.61 Å². The largest absolute Gasteiger partial charge is 0.445 e. The summed E-state index contributed by atoms with van der Waals surface area (Å²) in [6.07, 6.45) is -0.694. The number of carbonyl (C=O) groups excluding carboxylic acids is 1. The number of alkyl halides is 3. The monoisotopic (exact) mass is 325 g/mol. The summed E-state index contributed by atoms with van der Waals surface area (Å²) in [5.41, 5.74) is 0.923. The van der Waals surface area contributed by atoms with Crippen LogP contribution in [0.4, 0.5) is 4.79 Å². The first kappa shape index (κ1) is 16.4. The highest BCUT2D eigenvalue weighted by molar-refractivity contribution is 6.67. The molecule has 0 radical (unpaired) electrons. The fraction of sp³-hybridized carbons (Fsp3) is 0.417. The zero-order valence-corrected chi connectivity index (χ0v) is 12.3. The Hall–Kier alpha value is -0.680. The van der Waals surface area contributed by atoms with Gasteiger partial charge in [-0.15, -0.1) is 0 Å². The molecule has 1 aromatic rings. The van der Waals surface area contributed by atoms with Crippen LogP contribution in [0.3, 0.4) is 0 Å². The highest BCUT2D eigenvalue weighted by atomic mass is 35.6. The van der Waals surface area contributed by atoms with E-state index in [0.29, 0.717) is 0 Å². The van der Waals surface area contributed by atoms with Crippen molar-refractivity contribution in [3.63, 3.8) is 0 Å². The van der Waals surface area contributed by atoms with E-state index < -0.39 is 9.89 Å². The van der Waals surface area contributed by atoms with Crippen LogP contribution in [0.25, 0.3) is 0 Å². The van der Waals surface area contributed by atoms with Crippen LogP contribution < -0.4 is 5.32 Å². The number of alkyl carbamates (subject to hydrolysis) is 1. The van der Waals surface area contributed by atoms with E-state index in [0.717, 1.165) is 5.56 Å². The van der Waals surface area contributed by atoms with E-state index in [4.69, 9.17) is 39.5 Å². The van der Waals surface area contributed by atoms with Gasteiger partial charge in [-0.25, -0.2) is 4.79 Å². The van der Waals surface area contributed by atoms with E-state index in [1.807, 2.05) is 30.3 Å². The normalized spacial score (nSPS) is 12.8. The molecule has 1 rings (SSSR count). The number of rotatable bonds is 5. The van der Waals surface area contributed by atoms with Crippen LogP contribution in [0.1, 0.15) is 11.5 Å². The molecule has 1 unspecified atom stereocenters. The van der Waals surface area contributed by atoms with Gasteiger partial charge in [0.1, 0.15) is 6.61 Å². The zero-order chi connectivity index (χ0) is 14.3. The van der Waals surface area contributed by atoms with Gasteiger partial charge in [-0.2, -0.15) is 0 Å². The highest BCUT2D eigenvalue weighted by Gasteiger charge is 2.22. The SMILES string of the molecule is O=C(NCC(CO)c1ccccc1)OCC(Cl)(Cl)Cl. The Bertz CT molecular complexity index is 395. The van der Waals surface area contributed by atoms with Crippen LogP contribution in [0, 0.1) is 0 Å². The molecule has 0 fully saturated rings. The molecule has 1 aromatic carbocycles. The van der Waals surface area contributed by atoms with Gasteiger partial charge >= 0.3 is 6.09 Å². The minimum atomic E-state index is -1.63. The Balaban J connectivity index is 2.40. The molecular weight excluding hydrogens is 312 g/mol. The molecule has 0 aliphatic carbocycles. The number of carbonyl (C=O) groups is 1. The van der Waals surface area contributed by atoms with E-state index in [-0.39, 0.29) is 25.7 Å². The molecule has 0 bridgehead atoms. The number of aliphatic hydroxyl groups is 1. The summed E-state index contributed by atoms with van der Waals surface area (Å²) in [5.74, 6) is -0.207.